The van der Waals surface area contributed by atoms with Crippen LogP contribution in [0.2, 0.25) is 0 Å². The number of amides is 1. The lowest BCUT2D eigenvalue weighted by molar-refractivity contribution is -0.123. The quantitative estimate of drug-likeness (QED) is 0.862. The Hall–Kier alpha value is -1.39. The van der Waals surface area contributed by atoms with Gasteiger partial charge in [0.15, 0.2) is 0 Å². The van der Waals surface area contributed by atoms with Gasteiger partial charge in [-0.2, -0.15) is 0 Å². The van der Waals surface area contributed by atoms with Gasteiger partial charge in [-0.15, -0.1) is 0 Å². The summed E-state index contributed by atoms with van der Waals surface area (Å²) < 4.78 is 5.25. The van der Waals surface area contributed by atoms with Gasteiger partial charge in [-0.3, -0.25) is 4.79 Å². The Bertz CT molecular complexity index is 442. The molecular formula is C16H24N2O2. The number of ether oxygens (including phenoxy) is 1. The van der Waals surface area contributed by atoms with Crippen LogP contribution in [0.5, 0.6) is 0 Å². The van der Waals surface area contributed by atoms with Gasteiger partial charge in [0.2, 0.25) is 5.91 Å². The van der Waals surface area contributed by atoms with Crippen molar-refractivity contribution in [3.8, 4) is 0 Å². The van der Waals surface area contributed by atoms with Crippen LogP contribution in [0.15, 0.2) is 24.3 Å². The highest BCUT2D eigenvalue weighted by Gasteiger charge is 2.28. The Kier molecular flexibility index (Phi) is 5.15. The molecule has 1 aliphatic rings. The molecule has 110 valence electrons. The highest BCUT2D eigenvalue weighted by Crippen LogP contribution is 2.15. The van der Waals surface area contributed by atoms with Crippen molar-refractivity contribution in [2.24, 2.45) is 0 Å². The van der Waals surface area contributed by atoms with Crippen molar-refractivity contribution in [3.63, 3.8) is 0 Å². The Labute approximate surface area is 120 Å². The fourth-order valence-corrected chi connectivity index (χ4v) is 2.42. The highest BCUT2D eigenvalue weighted by molar-refractivity contribution is 5.82. The first-order valence-corrected chi connectivity index (χ1v) is 7.23. The Morgan fingerprint density at radius 1 is 1.40 bits per heavy atom. The summed E-state index contributed by atoms with van der Waals surface area (Å²) in [5.74, 6) is 0.588. The molecule has 1 amide bonds. The lowest BCUT2D eigenvalue weighted by atomic mass is 10.0. The van der Waals surface area contributed by atoms with Gasteiger partial charge in [0.1, 0.15) is 0 Å². The molecule has 2 atom stereocenters. The Morgan fingerprint density at radius 2 is 2.10 bits per heavy atom. The number of rotatable bonds is 5. The van der Waals surface area contributed by atoms with E-state index in [1.54, 1.807) is 7.11 Å². The average Bonchev–Trinajstić information content (AvgIpc) is 2.94. The third-order valence-corrected chi connectivity index (χ3v) is 3.85. The molecule has 2 N–H and O–H groups in total. The maximum atomic E-state index is 12.0. The maximum Gasteiger partial charge on any atom is 0.237 e. The predicted molar refractivity (Wildman–Crippen MR) is 79.6 cm³/mol. The van der Waals surface area contributed by atoms with Crippen LogP contribution in [-0.2, 0) is 16.1 Å². The van der Waals surface area contributed by atoms with Gasteiger partial charge >= 0.3 is 0 Å². The minimum Gasteiger partial charge on any atom is -0.380 e. The zero-order valence-electron chi connectivity index (χ0n) is 12.5. The van der Waals surface area contributed by atoms with Crippen LogP contribution in [0.25, 0.3) is 0 Å². The van der Waals surface area contributed by atoms with Gasteiger partial charge in [0.25, 0.3) is 0 Å². The summed E-state index contributed by atoms with van der Waals surface area (Å²) in [6, 6.07) is 8.28. The van der Waals surface area contributed by atoms with E-state index in [1.807, 2.05) is 0 Å². The highest BCUT2D eigenvalue weighted by atomic mass is 16.5. The fourth-order valence-electron chi connectivity index (χ4n) is 2.42. The van der Waals surface area contributed by atoms with Crippen LogP contribution >= 0.6 is 0 Å². The van der Waals surface area contributed by atoms with Gasteiger partial charge in [-0.25, -0.2) is 0 Å². The van der Waals surface area contributed by atoms with Crippen LogP contribution in [0.3, 0.4) is 0 Å². The lowest BCUT2D eigenvalue weighted by Gasteiger charge is -2.12. The third kappa shape index (κ3) is 3.81. The fraction of sp³-hybridized carbons (Fsp3) is 0.562. The SMILES string of the molecule is COC1CNC(C(=O)NCc2ccc(C(C)C)cc2)C1. The van der Waals surface area contributed by atoms with E-state index in [-0.39, 0.29) is 18.1 Å². The number of carbonyl (C=O) groups is 1. The Morgan fingerprint density at radius 3 is 2.65 bits per heavy atom. The van der Waals surface area contributed by atoms with Crippen LogP contribution in [0, 0.1) is 0 Å². The summed E-state index contributed by atoms with van der Waals surface area (Å²) in [5.41, 5.74) is 2.45. The molecule has 0 saturated carbocycles. The molecule has 1 saturated heterocycles. The summed E-state index contributed by atoms with van der Waals surface area (Å²) in [6.07, 6.45) is 0.894. The first-order chi connectivity index (χ1) is 9.60. The van der Waals surface area contributed by atoms with Gasteiger partial charge in [-0.05, 0) is 23.5 Å². The van der Waals surface area contributed by atoms with Crippen LogP contribution < -0.4 is 10.6 Å². The zero-order chi connectivity index (χ0) is 14.5. The second-order valence-electron chi connectivity index (χ2n) is 5.67. The zero-order valence-corrected chi connectivity index (χ0v) is 12.5. The molecule has 0 spiro atoms. The summed E-state index contributed by atoms with van der Waals surface area (Å²) >= 11 is 0. The number of hydrogen-bond acceptors (Lipinski definition) is 3. The topological polar surface area (TPSA) is 50.4 Å². The molecule has 1 fully saturated rings. The molecular weight excluding hydrogens is 252 g/mol. The van der Waals surface area contributed by atoms with Gasteiger partial charge in [0.05, 0.1) is 12.1 Å². The first-order valence-electron chi connectivity index (χ1n) is 7.23. The van der Waals surface area contributed by atoms with Crippen LogP contribution in [0.4, 0.5) is 0 Å². The Balaban J connectivity index is 1.81. The molecule has 4 nitrogen and oxygen atoms in total. The monoisotopic (exact) mass is 276 g/mol. The van der Waals surface area contributed by atoms with Crippen molar-refractivity contribution in [2.45, 2.75) is 44.9 Å². The van der Waals surface area contributed by atoms with E-state index >= 15 is 0 Å². The number of benzene rings is 1. The van der Waals surface area contributed by atoms with Crippen molar-refractivity contribution in [2.75, 3.05) is 13.7 Å². The van der Waals surface area contributed by atoms with E-state index < -0.39 is 0 Å². The molecule has 20 heavy (non-hydrogen) atoms. The maximum absolute atomic E-state index is 12.0. The van der Waals surface area contributed by atoms with Crippen molar-refractivity contribution < 1.29 is 9.53 Å². The summed E-state index contributed by atoms with van der Waals surface area (Å²) in [5, 5.41) is 6.16. The summed E-state index contributed by atoms with van der Waals surface area (Å²) in [4.78, 5) is 12.0. The second kappa shape index (κ2) is 6.86. The minimum absolute atomic E-state index is 0.0532. The predicted octanol–water partition coefficient (Wildman–Crippen LogP) is 1.80. The molecule has 4 heteroatoms. The van der Waals surface area contributed by atoms with Crippen molar-refractivity contribution in [1.29, 1.82) is 0 Å². The van der Waals surface area contributed by atoms with Crippen molar-refractivity contribution in [1.82, 2.24) is 10.6 Å². The van der Waals surface area contributed by atoms with E-state index in [9.17, 15) is 4.79 Å². The van der Waals surface area contributed by atoms with E-state index in [4.69, 9.17) is 4.74 Å². The van der Waals surface area contributed by atoms with E-state index in [2.05, 4.69) is 48.7 Å². The standard InChI is InChI=1S/C16H24N2O2/c1-11(2)13-6-4-12(5-7-13)9-18-16(19)15-8-14(20-3)10-17-15/h4-7,11,14-15,17H,8-10H2,1-3H3,(H,18,19). The number of methoxy groups -OCH3 is 1. The van der Waals surface area contributed by atoms with Gasteiger partial charge < -0.3 is 15.4 Å². The molecule has 0 bridgehead atoms. The van der Waals surface area contributed by atoms with E-state index in [1.165, 1.54) is 5.56 Å². The minimum atomic E-state index is -0.130. The van der Waals surface area contributed by atoms with Gasteiger partial charge in [0, 0.05) is 20.2 Å². The normalized spacial score (nSPS) is 22.2. The smallest absolute Gasteiger partial charge is 0.237 e. The molecule has 1 aliphatic heterocycles. The van der Waals surface area contributed by atoms with Crippen LogP contribution in [0.1, 0.15) is 37.3 Å². The first kappa shape index (κ1) is 15.0. The van der Waals surface area contributed by atoms with Crippen molar-refractivity contribution >= 4 is 5.91 Å². The molecule has 1 aromatic rings. The summed E-state index contributed by atoms with van der Waals surface area (Å²) in [6.45, 7) is 5.67. The van der Waals surface area contributed by atoms with Gasteiger partial charge in [-0.1, -0.05) is 38.1 Å². The lowest BCUT2D eigenvalue weighted by Crippen LogP contribution is -2.39. The number of nitrogens with one attached hydrogen (secondary N) is 2. The molecule has 2 rings (SSSR count). The second-order valence-corrected chi connectivity index (χ2v) is 5.67. The molecule has 0 radical (unpaired) electrons. The third-order valence-electron chi connectivity index (χ3n) is 3.85. The largest absolute Gasteiger partial charge is 0.380 e. The van der Waals surface area contributed by atoms with E-state index in [0.717, 1.165) is 18.5 Å². The van der Waals surface area contributed by atoms with E-state index in [0.29, 0.717) is 12.5 Å². The number of carbonyl (C=O) groups excluding carboxylic acids is 1. The molecule has 0 aromatic heterocycles. The average molecular weight is 276 g/mol. The molecule has 1 heterocycles. The summed E-state index contributed by atoms with van der Waals surface area (Å²) in [7, 11) is 1.68. The molecule has 0 aliphatic carbocycles. The number of hydrogen-bond donors (Lipinski definition) is 2. The molecule has 1 aromatic carbocycles. The van der Waals surface area contributed by atoms with Crippen LogP contribution in [-0.4, -0.2) is 31.7 Å². The molecule has 2 unspecified atom stereocenters. The van der Waals surface area contributed by atoms with Crippen molar-refractivity contribution in [3.05, 3.63) is 35.4 Å².